The lowest BCUT2D eigenvalue weighted by Gasteiger charge is -2.41. The van der Waals surface area contributed by atoms with Gasteiger partial charge in [-0.15, -0.1) is 0 Å². The van der Waals surface area contributed by atoms with Crippen molar-refractivity contribution in [2.45, 2.75) is 51.9 Å². The summed E-state index contributed by atoms with van der Waals surface area (Å²) in [6, 6.07) is 13.6. The maximum atomic E-state index is 13.2. The fraction of sp³-hybridized carbons (Fsp3) is 0.500. The van der Waals surface area contributed by atoms with Gasteiger partial charge >= 0.3 is 6.09 Å². The number of carbonyl (C=O) groups excluding carboxylic acids is 1. The summed E-state index contributed by atoms with van der Waals surface area (Å²) in [5.41, 5.74) is 4.01. The molecule has 0 bridgehead atoms. The first kappa shape index (κ1) is 25.5. The van der Waals surface area contributed by atoms with Gasteiger partial charge in [0.15, 0.2) is 5.79 Å². The number of hydrogen-bond donors (Lipinski definition) is 1. The summed E-state index contributed by atoms with van der Waals surface area (Å²) in [7, 11) is 0. The molecule has 1 amide bonds. The van der Waals surface area contributed by atoms with Crippen molar-refractivity contribution in [3.63, 3.8) is 0 Å². The molecular formula is C30H35ClN2O5. The highest BCUT2D eigenvalue weighted by Crippen LogP contribution is 2.40. The number of H-pyrrole nitrogens is 1. The van der Waals surface area contributed by atoms with Crippen LogP contribution in [-0.2, 0) is 20.6 Å². The van der Waals surface area contributed by atoms with Crippen LogP contribution in [0.15, 0.2) is 42.5 Å². The normalized spacial score (nSPS) is 22.2. The number of rotatable bonds is 6. The number of hydrogen-bond acceptors (Lipinski definition) is 5. The minimum Gasteiger partial charge on any atom is -0.493 e. The molecular weight excluding hydrogens is 504 g/mol. The number of ether oxygens (including phenoxy) is 4. The molecule has 3 heterocycles. The fourth-order valence-corrected chi connectivity index (χ4v) is 5.40. The molecule has 0 radical (unpaired) electrons. The Bertz CT molecular complexity index is 1320. The van der Waals surface area contributed by atoms with Gasteiger partial charge in [-0.05, 0) is 80.5 Å². The standard InChI is InChI=1S/C30H35ClN2O5/c1-29(2)37-17-30(3,18-38-29)16-36-22-9-6-20(7-10-22)27-26-23(24-14-21(31)8-11-25(24)32-26)12-13-33(27)28(34)35-15-19-4-5-19/h6-11,14,19,27,32H,4-5,12-13,15-18H2,1-3H3. The van der Waals surface area contributed by atoms with Crippen molar-refractivity contribution in [3.8, 4) is 5.75 Å². The van der Waals surface area contributed by atoms with Gasteiger partial charge in [0.25, 0.3) is 0 Å². The second-order valence-electron chi connectivity index (χ2n) is 11.7. The van der Waals surface area contributed by atoms with Crippen LogP contribution in [0.3, 0.4) is 0 Å². The minimum absolute atomic E-state index is 0.222. The van der Waals surface area contributed by atoms with Crippen LogP contribution in [0, 0.1) is 11.3 Å². The van der Waals surface area contributed by atoms with Crippen molar-refractivity contribution < 1.29 is 23.7 Å². The first-order chi connectivity index (χ1) is 18.2. The Morgan fingerprint density at radius 3 is 2.55 bits per heavy atom. The van der Waals surface area contributed by atoms with Crippen molar-refractivity contribution in [1.82, 2.24) is 9.88 Å². The summed E-state index contributed by atoms with van der Waals surface area (Å²) in [6.45, 7) is 8.66. The van der Waals surface area contributed by atoms with E-state index >= 15 is 0 Å². The van der Waals surface area contributed by atoms with E-state index in [2.05, 4.69) is 11.9 Å². The minimum atomic E-state index is -0.556. The van der Waals surface area contributed by atoms with E-state index < -0.39 is 5.79 Å². The molecule has 2 fully saturated rings. The van der Waals surface area contributed by atoms with E-state index in [9.17, 15) is 4.79 Å². The number of nitrogens with zero attached hydrogens (tertiary/aromatic N) is 1. The van der Waals surface area contributed by atoms with Gasteiger partial charge in [-0.1, -0.05) is 30.7 Å². The molecule has 1 aliphatic carbocycles. The number of fused-ring (bicyclic) bond motifs is 3. The maximum absolute atomic E-state index is 13.2. The average molecular weight is 539 g/mol. The molecule has 38 heavy (non-hydrogen) atoms. The third-order valence-electron chi connectivity index (χ3n) is 7.78. The highest BCUT2D eigenvalue weighted by Gasteiger charge is 2.38. The topological polar surface area (TPSA) is 73.0 Å². The number of amides is 1. The molecule has 0 spiro atoms. The number of aromatic nitrogens is 1. The molecule has 1 saturated heterocycles. The quantitative estimate of drug-likeness (QED) is 0.388. The number of nitrogens with one attached hydrogen (secondary N) is 1. The smallest absolute Gasteiger partial charge is 0.410 e. The molecule has 2 aliphatic heterocycles. The van der Waals surface area contributed by atoms with Gasteiger partial charge in [0.2, 0.25) is 0 Å². The lowest BCUT2D eigenvalue weighted by Crippen LogP contribution is -2.47. The molecule has 2 aromatic carbocycles. The van der Waals surface area contributed by atoms with Crippen LogP contribution >= 0.6 is 11.6 Å². The molecule has 1 N–H and O–H groups in total. The van der Waals surface area contributed by atoms with Gasteiger partial charge < -0.3 is 23.9 Å². The molecule has 1 aromatic heterocycles. The van der Waals surface area contributed by atoms with E-state index in [1.807, 2.05) is 61.2 Å². The van der Waals surface area contributed by atoms with Crippen molar-refractivity contribution in [2.75, 3.05) is 33.0 Å². The average Bonchev–Trinajstić information content (AvgIpc) is 3.67. The van der Waals surface area contributed by atoms with E-state index in [0.29, 0.717) is 43.9 Å². The Morgan fingerprint density at radius 2 is 1.84 bits per heavy atom. The SMILES string of the molecule is CC1(COc2ccc(C3c4[nH]c5ccc(Cl)cc5c4CCN3C(=O)OCC3CC3)cc2)COC(C)(C)OC1. The van der Waals surface area contributed by atoms with Crippen molar-refractivity contribution in [2.24, 2.45) is 11.3 Å². The van der Waals surface area contributed by atoms with Gasteiger partial charge in [0, 0.05) is 33.6 Å². The zero-order valence-electron chi connectivity index (χ0n) is 22.2. The van der Waals surface area contributed by atoms with Crippen LogP contribution in [0.2, 0.25) is 5.02 Å². The lowest BCUT2D eigenvalue weighted by molar-refractivity contribution is -0.285. The third-order valence-corrected chi connectivity index (χ3v) is 8.02. The summed E-state index contributed by atoms with van der Waals surface area (Å²) < 4.78 is 23.6. The predicted molar refractivity (Wildman–Crippen MR) is 146 cm³/mol. The van der Waals surface area contributed by atoms with Crippen LogP contribution in [0.4, 0.5) is 4.79 Å². The zero-order chi connectivity index (χ0) is 26.5. The zero-order valence-corrected chi connectivity index (χ0v) is 23.0. The maximum Gasteiger partial charge on any atom is 0.410 e. The van der Waals surface area contributed by atoms with Crippen LogP contribution in [0.1, 0.15) is 56.5 Å². The van der Waals surface area contributed by atoms with Crippen molar-refractivity contribution >= 4 is 28.6 Å². The van der Waals surface area contributed by atoms with Crippen LogP contribution < -0.4 is 4.74 Å². The molecule has 3 aliphatic rings. The third kappa shape index (κ3) is 5.24. The fourth-order valence-electron chi connectivity index (χ4n) is 5.23. The molecule has 6 rings (SSSR count). The highest BCUT2D eigenvalue weighted by molar-refractivity contribution is 6.31. The Morgan fingerprint density at radius 1 is 1.11 bits per heavy atom. The van der Waals surface area contributed by atoms with E-state index in [4.69, 9.17) is 30.5 Å². The van der Waals surface area contributed by atoms with Crippen LogP contribution in [0.25, 0.3) is 10.9 Å². The molecule has 202 valence electrons. The second kappa shape index (κ2) is 9.78. The van der Waals surface area contributed by atoms with E-state index in [1.54, 1.807) is 0 Å². The molecule has 1 unspecified atom stereocenters. The van der Waals surface area contributed by atoms with Crippen molar-refractivity contribution in [1.29, 1.82) is 0 Å². The van der Waals surface area contributed by atoms with Crippen LogP contribution in [0.5, 0.6) is 5.75 Å². The van der Waals surface area contributed by atoms with Gasteiger partial charge in [-0.25, -0.2) is 4.79 Å². The summed E-state index contributed by atoms with van der Waals surface area (Å²) in [5, 5.41) is 1.81. The molecule has 1 saturated carbocycles. The van der Waals surface area contributed by atoms with Gasteiger partial charge in [-0.2, -0.15) is 0 Å². The largest absolute Gasteiger partial charge is 0.493 e. The summed E-state index contributed by atoms with van der Waals surface area (Å²) in [5.74, 6) is 0.721. The van der Waals surface area contributed by atoms with Gasteiger partial charge in [0.1, 0.15) is 11.8 Å². The second-order valence-corrected chi connectivity index (χ2v) is 12.2. The van der Waals surface area contributed by atoms with E-state index in [-0.39, 0.29) is 17.6 Å². The Hall–Kier alpha value is -2.74. The summed E-state index contributed by atoms with van der Waals surface area (Å²) >= 11 is 6.33. The van der Waals surface area contributed by atoms with Gasteiger partial charge in [0.05, 0.1) is 26.4 Å². The van der Waals surface area contributed by atoms with Crippen LogP contribution in [-0.4, -0.2) is 54.7 Å². The van der Waals surface area contributed by atoms with Gasteiger partial charge in [-0.3, -0.25) is 4.90 Å². The monoisotopic (exact) mass is 538 g/mol. The number of benzene rings is 2. The Kier molecular flexibility index (Phi) is 6.57. The number of aromatic amines is 1. The first-order valence-electron chi connectivity index (χ1n) is 13.4. The summed E-state index contributed by atoms with van der Waals surface area (Å²) in [4.78, 5) is 18.7. The van der Waals surface area contributed by atoms with E-state index in [0.717, 1.165) is 47.2 Å². The molecule has 3 aromatic rings. The predicted octanol–water partition coefficient (Wildman–Crippen LogP) is 6.48. The first-order valence-corrected chi connectivity index (χ1v) is 13.8. The molecule has 1 atom stereocenters. The van der Waals surface area contributed by atoms with E-state index in [1.165, 1.54) is 5.56 Å². The Labute approximate surface area is 228 Å². The number of carbonyl (C=O) groups is 1. The molecule has 8 heteroatoms. The Balaban J connectivity index is 1.24. The highest BCUT2D eigenvalue weighted by atomic mass is 35.5. The summed E-state index contributed by atoms with van der Waals surface area (Å²) in [6.07, 6.45) is 2.75. The number of halogens is 1. The molecule has 7 nitrogen and oxygen atoms in total. The van der Waals surface area contributed by atoms with Crippen molar-refractivity contribution in [3.05, 3.63) is 64.3 Å². The lowest BCUT2D eigenvalue weighted by atomic mass is 9.92.